The van der Waals surface area contributed by atoms with Crippen LogP contribution in [-0.4, -0.2) is 40.0 Å². The molecule has 0 saturated heterocycles. The maximum atomic E-state index is 12.4. The summed E-state index contributed by atoms with van der Waals surface area (Å²) in [5.41, 5.74) is 12.9. The van der Waals surface area contributed by atoms with E-state index in [1.807, 2.05) is 0 Å². The minimum Gasteiger partial charge on any atom is -0.456 e. The van der Waals surface area contributed by atoms with Gasteiger partial charge < -0.3 is 20.9 Å². The molecule has 0 aromatic heterocycles. The van der Waals surface area contributed by atoms with Crippen molar-refractivity contribution >= 4 is 59.3 Å². The van der Waals surface area contributed by atoms with E-state index in [-0.39, 0.29) is 34.3 Å². The van der Waals surface area contributed by atoms with Crippen LogP contribution in [0.5, 0.6) is 0 Å². The highest BCUT2D eigenvalue weighted by molar-refractivity contribution is 9.10. The zero-order chi connectivity index (χ0) is 38.2. The van der Waals surface area contributed by atoms with Gasteiger partial charge in [-0.3, -0.25) is 0 Å². The topological polar surface area (TPSA) is 197 Å². The molecule has 12 nitrogen and oxygen atoms in total. The van der Waals surface area contributed by atoms with Crippen molar-refractivity contribution in [1.29, 1.82) is 0 Å². The Labute approximate surface area is 308 Å². The van der Waals surface area contributed by atoms with E-state index in [9.17, 15) is 26.4 Å². The van der Waals surface area contributed by atoms with E-state index < -0.39 is 43.2 Å². The van der Waals surface area contributed by atoms with Gasteiger partial charge in [0, 0.05) is 17.6 Å². The number of benzene rings is 4. The number of para-hydroxylation sites is 1. The second-order valence-corrected chi connectivity index (χ2v) is 17.7. The molecule has 0 aliphatic carbocycles. The minimum atomic E-state index is -3.76. The Morgan fingerprint density at radius 3 is 1.41 bits per heavy atom. The highest BCUT2D eigenvalue weighted by Gasteiger charge is 2.21. The van der Waals surface area contributed by atoms with Crippen molar-refractivity contribution in [2.75, 3.05) is 11.5 Å². The van der Waals surface area contributed by atoms with Crippen LogP contribution in [0.3, 0.4) is 0 Å². The van der Waals surface area contributed by atoms with Gasteiger partial charge in [0.05, 0.1) is 22.5 Å². The lowest BCUT2D eigenvalue weighted by molar-refractivity contribution is 0.00570. The summed E-state index contributed by atoms with van der Waals surface area (Å²) in [5.74, 6) is -0.844. The third-order valence-corrected chi connectivity index (χ3v) is 10.0. The third kappa shape index (κ3) is 13.1. The van der Waals surface area contributed by atoms with Crippen LogP contribution in [-0.2, 0) is 42.6 Å². The fourth-order valence-corrected chi connectivity index (χ4v) is 7.00. The average Bonchev–Trinajstić information content (AvgIpc) is 3.03. The Morgan fingerprint density at radius 2 is 1.00 bits per heavy atom. The molecular formula is C36H43BrN4O8S2. The van der Waals surface area contributed by atoms with E-state index in [0.717, 1.165) is 0 Å². The smallest absolute Gasteiger partial charge is 0.338 e. The van der Waals surface area contributed by atoms with Crippen molar-refractivity contribution in [2.45, 2.75) is 75.6 Å². The maximum Gasteiger partial charge on any atom is 0.338 e. The number of carbonyl (C=O) groups is 2. The monoisotopic (exact) mass is 802 g/mol. The molecule has 0 atom stereocenters. The molecular weight excluding hydrogens is 760 g/mol. The van der Waals surface area contributed by atoms with Crippen LogP contribution in [0.15, 0.2) is 105 Å². The molecule has 4 aromatic rings. The van der Waals surface area contributed by atoms with Crippen LogP contribution < -0.4 is 20.9 Å². The number of nitrogens with one attached hydrogen (secondary N) is 2. The fourth-order valence-electron chi connectivity index (χ4n) is 4.17. The van der Waals surface area contributed by atoms with Crippen molar-refractivity contribution in [3.05, 3.63) is 118 Å². The Kier molecular flexibility index (Phi) is 13.6. The van der Waals surface area contributed by atoms with Gasteiger partial charge in [0.15, 0.2) is 0 Å². The summed E-state index contributed by atoms with van der Waals surface area (Å²) < 4.78 is 65.6. The summed E-state index contributed by atoms with van der Waals surface area (Å²) in [6, 6.07) is 24.0. The molecule has 4 rings (SSSR count). The lowest BCUT2D eigenvalue weighted by Gasteiger charge is -2.19. The summed E-state index contributed by atoms with van der Waals surface area (Å²) in [4.78, 5) is 24.0. The summed E-state index contributed by atoms with van der Waals surface area (Å²) in [6.07, 6.45) is 0. The fraction of sp³-hybridized carbons (Fsp3) is 0.278. The Morgan fingerprint density at radius 1 is 0.608 bits per heavy atom. The van der Waals surface area contributed by atoms with E-state index in [4.69, 9.17) is 20.9 Å². The molecule has 0 fully saturated rings. The zero-order valence-electron chi connectivity index (χ0n) is 29.2. The molecule has 0 bridgehead atoms. The Bertz CT molecular complexity index is 2060. The van der Waals surface area contributed by atoms with Crippen LogP contribution >= 0.6 is 15.9 Å². The number of esters is 2. The first kappa shape index (κ1) is 41.1. The summed E-state index contributed by atoms with van der Waals surface area (Å²) in [7, 11) is -7.47. The Balaban J connectivity index is 0.000000276. The van der Waals surface area contributed by atoms with Crippen molar-refractivity contribution in [3.8, 4) is 0 Å². The molecule has 0 amide bonds. The van der Waals surface area contributed by atoms with Gasteiger partial charge in [-0.25, -0.2) is 35.9 Å². The molecule has 6 N–H and O–H groups in total. The van der Waals surface area contributed by atoms with Crippen molar-refractivity contribution in [2.24, 2.45) is 0 Å². The number of nitrogen functional groups attached to an aromatic ring is 2. The second-order valence-electron chi connectivity index (χ2n) is 13.3. The quantitative estimate of drug-likeness (QED) is 0.106. The molecule has 0 heterocycles. The van der Waals surface area contributed by atoms with Gasteiger partial charge >= 0.3 is 11.9 Å². The highest BCUT2D eigenvalue weighted by atomic mass is 79.9. The van der Waals surface area contributed by atoms with Gasteiger partial charge in [-0.15, -0.1) is 0 Å². The second kappa shape index (κ2) is 16.8. The van der Waals surface area contributed by atoms with Crippen LogP contribution in [0.1, 0.15) is 73.4 Å². The summed E-state index contributed by atoms with van der Waals surface area (Å²) in [6.45, 7) is 10.9. The standard InChI is InChI=1S/C18H21BrN2O4S.C18H22N2O4S/c1-18(2,3)25-17(22)13-6-4-12(5-7-13)11-21-26(23,24)16-10-14(19)8-9-15(16)20;1-18(2,3)24-17(21)14-10-8-13(9-11-14)12-20-25(22,23)16-7-5-4-6-15(16)19/h4-10,21H,11,20H2,1-3H3;4-11,20H,12,19H2,1-3H3. The molecule has 15 heteroatoms. The third-order valence-electron chi connectivity index (χ3n) is 6.58. The van der Waals surface area contributed by atoms with E-state index in [2.05, 4.69) is 25.4 Å². The number of nitrogens with two attached hydrogens (primary N) is 2. The predicted octanol–water partition coefficient (Wildman–Crippen LogP) is 6.17. The van der Waals surface area contributed by atoms with E-state index in [0.29, 0.717) is 26.7 Å². The van der Waals surface area contributed by atoms with Crippen molar-refractivity contribution < 1.29 is 35.9 Å². The van der Waals surface area contributed by atoms with E-state index >= 15 is 0 Å². The number of ether oxygens (including phenoxy) is 2. The number of carbonyl (C=O) groups excluding carboxylic acids is 2. The number of hydrogen-bond acceptors (Lipinski definition) is 10. The lowest BCUT2D eigenvalue weighted by atomic mass is 10.1. The minimum absolute atomic E-state index is 0.0113. The SMILES string of the molecule is CC(C)(C)OC(=O)c1ccc(CNS(=O)(=O)c2cc(Br)ccc2N)cc1.CC(C)(C)OC(=O)c1ccc(CNS(=O)(=O)c2ccccc2N)cc1. The highest BCUT2D eigenvalue weighted by Crippen LogP contribution is 2.23. The molecule has 0 aliphatic heterocycles. The molecule has 0 aliphatic rings. The number of sulfonamides is 2. The maximum absolute atomic E-state index is 12.4. The number of anilines is 2. The van der Waals surface area contributed by atoms with Crippen molar-refractivity contribution in [3.63, 3.8) is 0 Å². The molecule has 0 saturated carbocycles. The summed E-state index contributed by atoms with van der Waals surface area (Å²) in [5, 5.41) is 0. The van der Waals surface area contributed by atoms with Gasteiger partial charge in [0.25, 0.3) is 0 Å². The van der Waals surface area contributed by atoms with E-state index in [1.54, 1.807) is 108 Å². The van der Waals surface area contributed by atoms with Crippen LogP contribution in [0.2, 0.25) is 0 Å². The van der Waals surface area contributed by atoms with Gasteiger partial charge in [-0.05, 0) is 107 Å². The van der Waals surface area contributed by atoms with Gasteiger partial charge in [0.2, 0.25) is 20.0 Å². The zero-order valence-corrected chi connectivity index (χ0v) is 32.4. The molecule has 51 heavy (non-hydrogen) atoms. The summed E-state index contributed by atoms with van der Waals surface area (Å²) >= 11 is 3.24. The van der Waals surface area contributed by atoms with Crippen LogP contribution in [0, 0.1) is 0 Å². The lowest BCUT2D eigenvalue weighted by Crippen LogP contribution is -2.25. The average molecular weight is 804 g/mol. The Hall–Kier alpha value is -4.28. The van der Waals surface area contributed by atoms with E-state index in [1.165, 1.54) is 24.3 Å². The van der Waals surface area contributed by atoms with Crippen molar-refractivity contribution in [1.82, 2.24) is 9.44 Å². The van der Waals surface area contributed by atoms with Gasteiger partial charge in [0.1, 0.15) is 21.0 Å². The normalized spacial score (nSPS) is 12.0. The van der Waals surface area contributed by atoms with Gasteiger partial charge in [-0.1, -0.05) is 52.3 Å². The molecule has 4 aromatic carbocycles. The first-order chi connectivity index (χ1) is 23.6. The first-order valence-corrected chi connectivity index (χ1v) is 19.4. The van der Waals surface area contributed by atoms with Crippen LogP contribution in [0.25, 0.3) is 0 Å². The molecule has 274 valence electrons. The number of hydrogen-bond donors (Lipinski definition) is 4. The molecule has 0 radical (unpaired) electrons. The number of halogens is 1. The largest absolute Gasteiger partial charge is 0.456 e. The molecule has 0 unspecified atom stereocenters. The molecule has 0 spiro atoms. The van der Waals surface area contributed by atoms with Crippen LogP contribution in [0.4, 0.5) is 11.4 Å². The number of rotatable bonds is 10. The predicted molar refractivity (Wildman–Crippen MR) is 201 cm³/mol. The first-order valence-electron chi connectivity index (χ1n) is 15.6. The van der Waals surface area contributed by atoms with Gasteiger partial charge in [-0.2, -0.15) is 0 Å².